The molecule has 0 fully saturated rings. The van der Waals surface area contributed by atoms with Gasteiger partial charge in [0.1, 0.15) is 0 Å². The van der Waals surface area contributed by atoms with E-state index in [4.69, 9.17) is 34.8 Å². The molecule has 4 aromatic rings. The van der Waals surface area contributed by atoms with Crippen molar-refractivity contribution >= 4 is 89.2 Å². The Labute approximate surface area is 215 Å². The molecule has 1 amide bonds. The van der Waals surface area contributed by atoms with Gasteiger partial charge in [-0.1, -0.05) is 34.8 Å². The zero-order valence-electron chi connectivity index (χ0n) is 17.7. The van der Waals surface area contributed by atoms with Crippen molar-refractivity contribution in [3.8, 4) is 0 Å². The molecule has 3 aromatic carbocycles. The summed E-state index contributed by atoms with van der Waals surface area (Å²) in [5.41, 5.74) is 2.61. The van der Waals surface area contributed by atoms with Crippen LogP contribution < -0.4 is 15.4 Å². The molecule has 176 valence electrons. The Morgan fingerprint density at radius 3 is 2.35 bits per heavy atom. The standard InChI is InChI=1S/C23H18Cl3N3O3S2/c1-34(31,32)29-20-8-14-9-22(33-21(14)11-19(20)26)23(30)28-18-7-13(6-16(25)10-18)12-27-17-4-2-15(24)3-5-17/h2-11,27,29H,12H2,1H3,(H,28,30). The van der Waals surface area contributed by atoms with Crippen molar-refractivity contribution in [3.63, 3.8) is 0 Å². The Hall–Kier alpha value is -2.49. The third-order valence-corrected chi connectivity index (χ3v) is 7.15. The Morgan fingerprint density at radius 1 is 0.912 bits per heavy atom. The van der Waals surface area contributed by atoms with Gasteiger partial charge in [0.25, 0.3) is 5.91 Å². The van der Waals surface area contributed by atoms with Gasteiger partial charge in [-0.3, -0.25) is 9.52 Å². The van der Waals surface area contributed by atoms with Gasteiger partial charge in [0.2, 0.25) is 10.0 Å². The molecule has 0 saturated carbocycles. The summed E-state index contributed by atoms with van der Waals surface area (Å²) in [6.45, 7) is 0.503. The van der Waals surface area contributed by atoms with Gasteiger partial charge in [0.15, 0.2) is 0 Å². The third-order valence-electron chi connectivity index (χ3n) is 4.68. The SMILES string of the molecule is CS(=O)(=O)Nc1cc2cc(C(=O)Nc3cc(Cl)cc(CNc4ccc(Cl)cc4)c3)sc2cc1Cl. The van der Waals surface area contributed by atoms with Crippen molar-refractivity contribution in [1.82, 2.24) is 0 Å². The highest BCUT2D eigenvalue weighted by atomic mass is 35.5. The average molecular weight is 555 g/mol. The number of nitrogens with one attached hydrogen (secondary N) is 3. The first-order valence-corrected chi connectivity index (χ1v) is 13.7. The number of thiophene rings is 1. The van der Waals surface area contributed by atoms with Gasteiger partial charge < -0.3 is 10.6 Å². The van der Waals surface area contributed by atoms with E-state index in [1.54, 1.807) is 36.4 Å². The van der Waals surface area contributed by atoms with Gasteiger partial charge in [0.05, 0.1) is 21.8 Å². The number of carbonyl (C=O) groups is 1. The summed E-state index contributed by atoms with van der Waals surface area (Å²) in [6.07, 6.45) is 1.05. The maximum atomic E-state index is 12.9. The number of fused-ring (bicyclic) bond motifs is 1. The van der Waals surface area contributed by atoms with Crippen LogP contribution >= 0.6 is 46.1 Å². The molecule has 0 radical (unpaired) electrons. The zero-order chi connectivity index (χ0) is 24.5. The predicted octanol–water partition coefficient (Wildman–Crippen LogP) is 7.10. The normalized spacial score (nSPS) is 11.4. The van der Waals surface area contributed by atoms with E-state index in [1.807, 2.05) is 24.3 Å². The molecule has 1 heterocycles. The fraction of sp³-hybridized carbons (Fsp3) is 0.0870. The molecule has 34 heavy (non-hydrogen) atoms. The number of benzene rings is 3. The third kappa shape index (κ3) is 6.34. The summed E-state index contributed by atoms with van der Waals surface area (Å²) >= 11 is 19.6. The van der Waals surface area contributed by atoms with E-state index in [1.165, 1.54) is 11.3 Å². The Morgan fingerprint density at radius 2 is 1.65 bits per heavy atom. The minimum atomic E-state index is -3.49. The topological polar surface area (TPSA) is 87.3 Å². The monoisotopic (exact) mass is 553 g/mol. The molecule has 0 spiro atoms. The van der Waals surface area contributed by atoms with Crippen LogP contribution in [0.5, 0.6) is 0 Å². The fourth-order valence-corrected chi connectivity index (χ4v) is 5.50. The molecule has 1 aromatic heterocycles. The van der Waals surface area contributed by atoms with E-state index < -0.39 is 10.0 Å². The van der Waals surface area contributed by atoms with E-state index in [9.17, 15) is 13.2 Å². The highest BCUT2D eigenvalue weighted by Gasteiger charge is 2.15. The van der Waals surface area contributed by atoms with Gasteiger partial charge in [-0.05, 0) is 71.6 Å². The lowest BCUT2D eigenvalue weighted by Crippen LogP contribution is -2.10. The molecule has 6 nitrogen and oxygen atoms in total. The van der Waals surface area contributed by atoms with Crippen molar-refractivity contribution in [3.05, 3.63) is 86.2 Å². The molecule has 0 unspecified atom stereocenters. The van der Waals surface area contributed by atoms with Crippen LogP contribution in [0.4, 0.5) is 17.1 Å². The zero-order valence-corrected chi connectivity index (χ0v) is 21.6. The summed E-state index contributed by atoms with van der Waals surface area (Å²) in [5.74, 6) is -0.311. The number of halogens is 3. The van der Waals surface area contributed by atoms with Crippen LogP contribution in [0.1, 0.15) is 15.2 Å². The fourth-order valence-electron chi connectivity index (χ4n) is 3.24. The lowest BCUT2D eigenvalue weighted by atomic mass is 10.2. The molecule has 0 aliphatic rings. The highest BCUT2D eigenvalue weighted by molar-refractivity contribution is 7.92. The van der Waals surface area contributed by atoms with Crippen molar-refractivity contribution in [2.45, 2.75) is 6.54 Å². The molecule has 4 rings (SSSR count). The van der Waals surface area contributed by atoms with Gasteiger partial charge >= 0.3 is 0 Å². The largest absolute Gasteiger partial charge is 0.381 e. The maximum absolute atomic E-state index is 12.9. The molecular weight excluding hydrogens is 537 g/mol. The number of hydrogen-bond acceptors (Lipinski definition) is 5. The van der Waals surface area contributed by atoms with E-state index >= 15 is 0 Å². The van der Waals surface area contributed by atoms with E-state index in [0.29, 0.717) is 32.5 Å². The summed E-state index contributed by atoms with van der Waals surface area (Å²) in [7, 11) is -3.49. The van der Waals surface area contributed by atoms with Crippen LogP contribution in [0.15, 0.2) is 60.7 Å². The minimum absolute atomic E-state index is 0.249. The van der Waals surface area contributed by atoms with Gasteiger partial charge in [-0.15, -0.1) is 11.3 Å². The second kappa shape index (κ2) is 10.0. The summed E-state index contributed by atoms with van der Waals surface area (Å²) in [4.78, 5) is 13.3. The molecule has 11 heteroatoms. The van der Waals surface area contributed by atoms with Crippen LogP contribution in [0.3, 0.4) is 0 Å². The van der Waals surface area contributed by atoms with E-state index in [-0.39, 0.29) is 16.6 Å². The molecule has 0 atom stereocenters. The summed E-state index contributed by atoms with van der Waals surface area (Å²) < 4.78 is 26.2. The molecule has 0 aliphatic carbocycles. The number of rotatable bonds is 7. The number of hydrogen-bond donors (Lipinski definition) is 3. The second-order valence-corrected chi connectivity index (χ2v) is 11.6. The van der Waals surface area contributed by atoms with Gasteiger partial charge in [-0.2, -0.15) is 0 Å². The van der Waals surface area contributed by atoms with Crippen LogP contribution in [-0.4, -0.2) is 20.6 Å². The van der Waals surface area contributed by atoms with E-state index in [2.05, 4.69) is 15.4 Å². The van der Waals surface area contributed by atoms with Crippen LogP contribution in [0, 0.1) is 0 Å². The summed E-state index contributed by atoms with van der Waals surface area (Å²) in [5, 5.41) is 8.25. The van der Waals surface area contributed by atoms with Crippen LogP contribution in [-0.2, 0) is 16.6 Å². The first kappa shape index (κ1) is 24.6. The maximum Gasteiger partial charge on any atom is 0.265 e. The molecule has 0 aliphatic heterocycles. The second-order valence-electron chi connectivity index (χ2n) is 7.52. The first-order valence-electron chi connectivity index (χ1n) is 9.87. The number of sulfonamides is 1. The average Bonchev–Trinajstić information content (AvgIpc) is 3.15. The molecule has 0 bridgehead atoms. The number of amides is 1. The molecule has 0 saturated heterocycles. The first-order chi connectivity index (χ1) is 16.1. The Kier molecular flexibility index (Phi) is 7.25. The lowest BCUT2D eigenvalue weighted by molar-refractivity contribution is 0.103. The summed E-state index contributed by atoms with van der Waals surface area (Å²) in [6, 6.07) is 17.6. The number of anilines is 3. The van der Waals surface area contributed by atoms with Gasteiger partial charge in [-0.25, -0.2) is 8.42 Å². The molecular formula is C23H18Cl3N3O3S2. The minimum Gasteiger partial charge on any atom is -0.381 e. The Bertz CT molecular complexity index is 1490. The van der Waals surface area contributed by atoms with Crippen LogP contribution in [0.2, 0.25) is 15.1 Å². The quantitative estimate of drug-likeness (QED) is 0.227. The molecule has 3 N–H and O–H groups in total. The van der Waals surface area contributed by atoms with E-state index in [0.717, 1.165) is 22.2 Å². The smallest absolute Gasteiger partial charge is 0.265 e. The van der Waals surface area contributed by atoms with Gasteiger partial charge in [0, 0.05) is 32.7 Å². The van der Waals surface area contributed by atoms with Crippen LogP contribution in [0.25, 0.3) is 10.1 Å². The Balaban J connectivity index is 1.51. The van der Waals surface area contributed by atoms with Crippen molar-refractivity contribution < 1.29 is 13.2 Å². The van der Waals surface area contributed by atoms with Crippen molar-refractivity contribution in [2.24, 2.45) is 0 Å². The van der Waals surface area contributed by atoms with Crippen molar-refractivity contribution in [2.75, 3.05) is 21.6 Å². The predicted molar refractivity (Wildman–Crippen MR) is 143 cm³/mol. The number of carbonyl (C=O) groups excluding carboxylic acids is 1. The lowest BCUT2D eigenvalue weighted by Gasteiger charge is -2.10. The van der Waals surface area contributed by atoms with Crippen molar-refractivity contribution in [1.29, 1.82) is 0 Å². The highest BCUT2D eigenvalue weighted by Crippen LogP contribution is 2.34.